The molecule has 0 aliphatic rings. The van der Waals surface area contributed by atoms with Crippen molar-refractivity contribution in [2.75, 3.05) is 5.75 Å². The van der Waals surface area contributed by atoms with E-state index in [1.165, 1.54) is 0 Å². The SMILES string of the molecule is CCCS(=O)c1c(C(F)F)nc(C(F)(F)F)c(C(=O)O)c1C. The first kappa shape index (κ1) is 18.5. The second-order valence-electron chi connectivity index (χ2n) is 4.33. The lowest BCUT2D eigenvalue weighted by Gasteiger charge is -2.18. The Morgan fingerprint density at radius 2 is 1.91 bits per heavy atom. The van der Waals surface area contributed by atoms with Gasteiger partial charge in [-0.25, -0.2) is 18.6 Å². The molecule has 0 spiro atoms. The van der Waals surface area contributed by atoms with E-state index in [1.807, 2.05) is 0 Å². The monoisotopic (exact) mass is 345 g/mol. The fourth-order valence-corrected chi connectivity index (χ4v) is 3.29. The van der Waals surface area contributed by atoms with Gasteiger partial charge in [-0.3, -0.25) is 4.21 Å². The van der Waals surface area contributed by atoms with Crippen molar-refractivity contribution in [2.24, 2.45) is 0 Å². The summed E-state index contributed by atoms with van der Waals surface area (Å²) in [6.07, 6.45) is -8.30. The average molecular weight is 345 g/mol. The van der Waals surface area contributed by atoms with Crippen molar-refractivity contribution in [3.05, 3.63) is 22.5 Å². The minimum atomic E-state index is -5.22. The summed E-state index contributed by atoms with van der Waals surface area (Å²) in [7, 11) is -2.06. The lowest BCUT2D eigenvalue weighted by atomic mass is 10.1. The summed E-state index contributed by atoms with van der Waals surface area (Å²) in [6, 6.07) is 0. The summed E-state index contributed by atoms with van der Waals surface area (Å²) in [6.45, 7) is 2.53. The van der Waals surface area contributed by atoms with E-state index < -0.39 is 56.8 Å². The number of rotatable bonds is 5. The second kappa shape index (κ2) is 6.67. The van der Waals surface area contributed by atoms with E-state index in [1.54, 1.807) is 6.92 Å². The van der Waals surface area contributed by atoms with Crippen molar-refractivity contribution in [3.63, 3.8) is 0 Å². The van der Waals surface area contributed by atoms with Gasteiger partial charge in [-0.05, 0) is 18.9 Å². The summed E-state index contributed by atoms with van der Waals surface area (Å²) >= 11 is 0. The van der Waals surface area contributed by atoms with Gasteiger partial charge in [0.15, 0.2) is 5.69 Å². The number of hydrogen-bond donors (Lipinski definition) is 1. The number of carboxylic acid groups (broad SMARTS) is 1. The van der Waals surface area contributed by atoms with Gasteiger partial charge in [-0.2, -0.15) is 13.2 Å². The Labute approximate surface area is 124 Å². The lowest BCUT2D eigenvalue weighted by Crippen LogP contribution is -2.21. The number of hydrogen-bond acceptors (Lipinski definition) is 3. The normalized spacial score (nSPS) is 13.5. The number of carboxylic acids is 1. The van der Waals surface area contributed by atoms with Crippen LogP contribution >= 0.6 is 0 Å². The molecule has 4 nitrogen and oxygen atoms in total. The van der Waals surface area contributed by atoms with E-state index in [0.717, 1.165) is 6.92 Å². The number of halogens is 5. The van der Waals surface area contributed by atoms with Crippen molar-refractivity contribution < 1.29 is 36.1 Å². The molecule has 10 heteroatoms. The molecule has 0 fully saturated rings. The Balaban J connectivity index is 3.82. The fraction of sp³-hybridized carbons (Fsp3) is 0.500. The molecular weight excluding hydrogens is 333 g/mol. The molecule has 0 saturated carbocycles. The molecular formula is C12H12F5NO3S. The molecule has 22 heavy (non-hydrogen) atoms. The maximum Gasteiger partial charge on any atom is 0.434 e. The molecule has 124 valence electrons. The van der Waals surface area contributed by atoms with Crippen LogP contribution in [0.1, 0.15) is 47.1 Å². The van der Waals surface area contributed by atoms with E-state index in [9.17, 15) is 31.0 Å². The number of alkyl halides is 5. The van der Waals surface area contributed by atoms with Crippen LogP contribution in [0.3, 0.4) is 0 Å². The molecule has 0 aromatic carbocycles. The number of carbonyl (C=O) groups is 1. The molecule has 1 N–H and O–H groups in total. The van der Waals surface area contributed by atoms with Gasteiger partial charge in [0.05, 0.1) is 21.3 Å². The van der Waals surface area contributed by atoms with Gasteiger partial charge in [-0.1, -0.05) is 6.92 Å². The van der Waals surface area contributed by atoms with Crippen LogP contribution in [0.15, 0.2) is 4.90 Å². The largest absolute Gasteiger partial charge is 0.478 e. The zero-order valence-electron chi connectivity index (χ0n) is 11.5. The first-order chi connectivity index (χ1) is 10.0. The lowest BCUT2D eigenvalue weighted by molar-refractivity contribution is -0.142. The molecule has 1 rings (SSSR count). The van der Waals surface area contributed by atoms with Gasteiger partial charge in [0.25, 0.3) is 6.43 Å². The van der Waals surface area contributed by atoms with Crippen molar-refractivity contribution >= 4 is 16.8 Å². The standard InChI is InChI=1S/C12H12F5NO3S/c1-3-4-22(21)8-5(2)6(11(19)20)9(12(15,16)17)18-7(8)10(13)14/h10H,3-4H2,1-2H3,(H,19,20). The van der Waals surface area contributed by atoms with E-state index in [-0.39, 0.29) is 5.75 Å². The topological polar surface area (TPSA) is 67.3 Å². The Kier molecular flexibility index (Phi) is 5.60. The van der Waals surface area contributed by atoms with Crippen LogP contribution in [-0.2, 0) is 17.0 Å². The Morgan fingerprint density at radius 3 is 2.27 bits per heavy atom. The highest BCUT2D eigenvalue weighted by Gasteiger charge is 2.41. The van der Waals surface area contributed by atoms with Crippen LogP contribution in [0.25, 0.3) is 0 Å². The Morgan fingerprint density at radius 1 is 1.36 bits per heavy atom. The average Bonchev–Trinajstić information content (AvgIpc) is 2.35. The highest BCUT2D eigenvalue weighted by atomic mass is 32.2. The number of pyridine rings is 1. The predicted octanol–water partition coefficient (Wildman–Crippen LogP) is 3.56. The molecule has 0 aliphatic heterocycles. The summed E-state index contributed by atoms with van der Waals surface area (Å²) in [5.74, 6) is -2.06. The molecule has 1 aromatic rings. The van der Waals surface area contributed by atoms with E-state index in [0.29, 0.717) is 6.42 Å². The van der Waals surface area contributed by atoms with Crippen molar-refractivity contribution in [3.8, 4) is 0 Å². The van der Waals surface area contributed by atoms with E-state index >= 15 is 0 Å². The highest BCUT2D eigenvalue weighted by molar-refractivity contribution is 7.85. The number of aromatic nitrogens is 1. The molecule has 1 aromatic heterocycles. The third-order valence-corrected chi connectivity index (χ3v) is 4.47. The summed E-state index contributed by atoms with van der Waals surface area (Å²) < 4.78 is 76.6. The molecule has 1 unspecified atom stereocenters. The van der Waals surface area contributed by atoms with Gasteiger partial charge in [0.2, 0.25) is 0 Å². The van der Waals surface area contributed by atoms with E-state index in [2.05, 4.69) is 4.98 Å². The quantitative estimate of drug-likeness (QED) is 0.829. The van der Waals surface area contributed by atoms with Crippen molar-refractivity contribution in [2.45, 2.75) is 37.8 Å². The van der Waals surface area contributed by atoms with Gasteiger partial charge >= 0.3 is 12.1 Å². The summed E-state index contributed by atoms with van der Waals surface area (Å²) in [4.78, 5) is 13.2. The fourth-order valence-electron chi connectivity index (χ4n) is 1.90. The maximum absolute atomic E-state index is 13.0. The van der Waals surface area contributed by atoms with Crippen molar-refractivity contribution in [1.82, 2.24) is 4.98 Å². The first-order valence-electron chi connectivity index (χ1n) is 6.03. The molecule has 0 aliphatic carbocycles. The van der Waals surface area contributed by atoms with Crippen LogP contribution in [0.2, 0.25) is 0 Å². The molecule has 0 saturated heterocycles. The summed E-state index contributed by atoms with van der Waals surface area (Å²) in [5.41, 5.74) is -5.06. The summed E-state index contributed by atoms with van der Waals surface area (Å²) in [5, 5.41) is 8.95. The minimum absolute atomic E-state index is 0.0906. The molecule has 0 amide bonds. The smallest absolute Gasteiger partial charge is 0.434 e. The zero-order valence-corrected chi connectivity index (χ0v) is 12.3. The van der Waals surface area contributed by atoms with Crippen LogP contribution in [0.4, 0.5) is 22.0 Å². The highest BCUT2D eigenvalue weighted by Crippen LogP contribution is 2.37. The third-order valence-electron chi connectivity index (χ3n) is 2.72. The van der Waals surface area contributed by atoms with Gasteiger partial charge in [0.1, 0.15) is 5.69 Å². The van der Waals surface area contributed by atoms with Gasteiger partial charge in [-0.15, -0.1) is 0 Å². The zero-order chi connectivity index (χ0) is 17.2. The number of nitrogens with zero attached hydrogens (tertiary/aromatic N) is 1. The van der Waals surface area contributed by atoms with Crippen LogP contribution < -0.4 is 0 Å². The minimum Gasteiger partial charge on any atom is -0.478 e. The maximum atomic E-state index is 13.0. The Hall–Kier alpha value is -1.58. The molecule has 1 heterocycles. The molecule has 0 radical (unpaired) electrons. The number of aromatic carboxylic acids is 1. The van der Waals surface area contributed by atoms with Crippen LogP contribution in [-0.4, -0.2) is 26.0 Å². The van der Waals surface area contributed by atoms with Gasteiger partial charge < -0.3 is 5.11 Å². The third kappa shape index (κ3) is 3.60. The molecule has 0 bridgehead atoms. The van der Waals surface area contributed by atoms with Crippen LogP contribution in [0, 0.1) is 6.92 Å². The molecule has 1 atom stereocenters. The predicted molar refractivity (Wildman–Crippen MR) is 67.5 cm³/mol. The van der Waals surface area contributed by atoms with Crippen LogP contribution in [0.5, 0.6) is 0 Å². The second-order valence-corrected chi connectivity index (χ2v) is 5.84. The van der Waals surface area contributed by atoms with E-state index in [4.69, 9.17) is 5.11 Å². The van der Waals surface area contributed by atoms with Crippen molar-refractivity contribution in [1.29, 1.82) is 0 Å². The van der Waals surface area contributed by atoms with Gasteiger partial charge in [0, 0.05) is 5.75 Å². The Bertz CT molecular complexity index is 616. The first-order valence-corrected chi connectivity index (χ1v) is 7.35.